The number of carbonyl (C=O) groups is 2. The molecule has 0 aromatic heterocycles. The van der Waals surface area contributed by atoms with Crippen LogP contribution in [0.15, 0.2) is 5.11 Å². The smallest absolute Gasteiger partial charge is 0.364 e. The highest BCUT2D eigenvalue weighted by Crippen LogP contribution is 2.35. The predicted octanol–water partition coefficient (Wildman–Crippen LogP) is -6.50. The van der Waals surface area contributed by atoms with Crippen molar-refractivity contribution in [3.05, 3.63) is 10.4 Å². The number of nitrogens with one attached hydrogen (secondary N) is 1. The van der Waals surface area contributed by atoms with Gasteiger partial charge in [0.1, 0.15) is 67.1 Å². The maximum absolute atomic E-state index is 12.5. The van der Waals surface area contributed by atoms with Crippen LogP contribution in [0.25, 0.3) is 10.4 Å². The molecule has 3 aliphatic heterocycles. The molecule has 0 bridgehead atoms. The van der Waals surface area contributed by atoms with E-state index in [2.05, 4.69) is 15.3 Å². The maximum atomic E-state index is 12.5. The van der Waals surface area contributed by atoms with Gasteiger partial charge in [-0.05, 0) is 12.0 Å². The number of carboxylic acids is 1. The minimum Gasteiger partial charge on any atom is -0.477 e. The molecule has 0 spiro atoms. The van der Waals surface area contributed by atoms with Crippen LogP contribution in [0.1, 0.15) is 19.8 Å². The summed E-state index contributed by atoms with van der Waals surface area (Å²) in [6.07, 6.45) is -26.1. The molecule has 3 heterocycles. The highest BCUT2D eigenvalue weighted by molar-refractivity contribution is 5.76. The summed E-state index contributed by atoms with van der Waals surface area (Å²) in [5.41, 5.74) is 8.35. The number of nitrogens with zero attached hydrogens (tertiary/aromatic N) is 3. The van der Waals surface area contributed by atoms with Crippen molar-refractivity contribution in [1.29, 1.82) is 0 Å². The fourth-order valence-electron chi connectivity index (χ4n) is 5.55. The Morgan fingerprint density at radius 2 is 1.65 bits per heavy atom. The van der Waals surface area contributed by atoms with Crippen LogP contribution in [0.2, 0.25) is 0 Å². The van der Waals surface area contributed by atoms with E-state index in [1.54, 1.807) is 0 Å². The molecule has 0 aliphatic carbocycles. The fourth-order valence-corrected chi connectivity index (χ4v) is 5.55. The second-order valence-electron chi connectivity index (χ2n) is 11.7. The normalized spacial score (nSPS) is 40.9. The van der Waals surface area contributed by atoms with E-state index in [0.29, 0.717) is 0 Å². The highest BCUT2D eigenvalue weighted by atomic mass is 16.8. The molecular weight excluding hydrogens is 672 g/mol. The van der Waals surface area contributed by atoms with Gasteiger partial charge >= 0.3 is 5.97 Å². The van der Waals surface area contributed by atoms with Gasteiger partial charge in [-0.25, -0.2) is 4.79 Å². The zero-order valence-electron chi connectivity index (χ0n) is 26.1. The van der Waals surface area contributed by atoms with Crippen molar-refractivity contribution in [3.8, 4) is 0 Å². The first-order valence-corrected chi connectivity index (χ1v) is 15.2. The van der Waals surface area contributed by atoms with Crippen LogP contribution in [0.5, 0.6) is 0 Å². The minimum atomic E-state index is -2.84. The number of rotatable bonds is 16. The summed E-state index contributed by atoms with van der Waals surface area (Å²) < 4.78 is 32.9. The summed E-state index contributed by atoms with van der Waals surface area (Å²) in [4.78, 5) is 26.8. The van der Waals surface area contributed by atoms with E-state index in [0.717, 1.165) is 6.92 Å². The monoisotopic (exact) mass is 716 g/mol. The van der Waals surface area contributed by atoms with Crippen molar-refractivity contribution in [2.24, 2.45) is 5.11 Å². The molecule has 23 heteroatoms. The van der Waals surface area contributed by atoms with E-state index in [1.165, 1.54) is 0 Å². The molecule has 282 valence electrons. The number of aliphatic hydroxyl groups excluding tert-OH is 10. The van der Waals surface area contributed by atoms with E-state index in [1.807, 2.05) is 0 Å². The van der Waals surface area contributed by atoms with Crippen LogP contribution in [-0.2, 0) is 38.0 Å². The summed E-state index contributed by atoms with van der Waals surface area (Å²) in [5.74, 6) is -5.44. The predicted molar refractivity (Wildman–Crippen MR) is 152 cm³/mol. The molecule has 0 radical (unpaired) electrons. The third-order valence-electron chi connectivity index (χ3n) is 8.20. The molecule has 0 unspecified atom stereocenters. The molecule has 16 atom stereocenters. The Hall–Kier alpha value is -2.39. The highest BCUT2D eigenvalue weighted by Gasteiger charge is 2.57. The maximum Gasteiger partial charge on any atom is 0.364 e. The molecule has 3 rings (SSSR count). The summed E-state index contributed by atoms with van der Waals surface area (Å²) >= 11 is 0. The zero-order valence-corrected chi connectivity index (χ0v) is 26.1. The molecule has 0 aromatic carbocycles. The summed E-state index contributed by atoms with van der Waals surface area (Å²) in [5, 5.41) is 119. The Kier molecular flexibility index (Phi) is 15.2. The lowest BCUT2D eigenvalue weighted by atomic mass is 9.88. The van der Waals surface area contributed by atoms with Crippen LogP contribution >= 0.6 is 0 Å². The molecule has 3 aliphatic rings. The molecular formula is C26H44N4O19. The molecule has 1 amide bonds. The van der Waals surface area contributed by atoms with Gasteiger partial charge in [0.2, 0.25) is 5.91 Å². The van der Waals surface area contributed by atoms with Gasteiger partial charge in [-0.2, -0.15) is 0 Å². The SMILES string of the molecule is CC(=O)N[C@H]1[C@H]([C@H](O)[C@H](O)CO)O[C@@](OC[C@H]2O[C@@H](O[C@H]3[C@H](O)[C@@H](O)[C@H](OCCCN=[N+]=[N-])O[C@@H]3CO)[C@H](O)[C@@H](O)[C@H]2O)(C(=O)O)C[C@@H]1O. The Balaban J connectivity index is 1.76. The number of ether oxygens (including phenoxy) is 6. The standard InChI is InChI=1S/C26H44N4O19/c1-9(33)29-14-10(34)5-26(25(42)43,49-22(14)15(36)11(35)6-31)45-8-13-16(37)17(38)19(40)24(47-13)48-21-12(7-32)46-23(20(41)18(21)39)44-4-2-3-28-30-27/h10-24,31-32,34-41H,2-8H2,1H3,(H,29,33)(H,42,43)/t10-,11+,12+,13+,14+,15+,16-,17-,18+,19+,20+,21+,22+,23+,24-,26+/m0/s1. The lowest BCUT2D eigenvalue weighted by Gasteiger charge is -2.48. The quantitative estimate of drug-likeness (QED) is 0.0306. The number of hydrogen-bond donors (Lipinski definition) is 12. The van der Waals surface area contributed by atoms with E-state index >= 15 is 0 Å². The van der Waals surface area contributed by atoms with Crippen LogP contribution in [0.3, 0.4) is 0 Å². The molecule has 3 fully saturated rings. The van der Waals surface area contributed by atoms with Crippen molar-refractivity contribution in [2.75, 3.05) is 33.0 Å². The van der Waals surface area contributed by atoms with Crippen LogP contribution < -0.4 is 5.32 Å². The number of azide groups is 1. The number of amides is 1. The lowest BCUT2D eigenvalue weighted by Crippen LogP contribution is -2.68. The van der Waals surface area contributed by atoms with Gasteiger partial charge in [-0.15, -0.1) is 0 Å². The van der Waals surface area contributed by atoms with Crippen molar-refractivity contribution < 1.29 is 94.2 Å². The van der Waals surface area contributed by atoms with Gasteiger partial charge in [-0.3, -0.25) is 4.79 Å². The summed E-state index contributed by atoms with van der Waals surface area (Å²) in [7, 11) is 0. The summed E-state index contributed by atoms with van der Waals surface area (Å²) in [6, 6.07) is -1.49. The van der Waals surface area contributed by atoms with E-state index in [9.17, 15) is 65.8 Å². The van der Waals surface area contributed by atoms with Crippen LogP contribution in [-0.4, -0.2) is 199 Å². The van der Waals surface area contributed by atoms with Gasteiger partial charge in [0.15, 0.2) is 12.6 Å². The fraction of sp³-hybridized carbons (Fsp3) is 0.923. The van der Waals surface area contributed by atoms with Gasteiger partial charge in [0, 0.05) is 31.4 Å². The van der Waals surface area contributed by atoms with Crippen LogP contribution in [0, 0.1) is 0 Å². The first-order valence-electron chi connectivity index (χ1n) is 15.2. The third kappa shape index (κ3) is 9.69. The third-order valence-corrected chi connectivity index (χ3v) is 8.20. The van der Waals surface area contributed by atoms with Gasteiger partial charge in [0.25, 0.3) is 5.79 Å². The lowest BCUT2D eigenvalue weighted by molar-refractivity contribution is -0.367. The minimum absolute atomic E-state index is 0.0679. The Morgan fingerprint density at radius 3 is 2.24 bits per heavy atom. The topological polar surface area (TPSA) is 373 Å². The number of aliphatic hydroxyl groups is 10. The second kappa shape index (κ2) is 18.2. The van der Waals surface area contributed by atoms with E-state index in [-0.39, 0.29) is 19.6 Å². The average molecular weight is 717 g/mol. The Labute approximate surface area is 277 Å². The first kappa shape index (κ1) is 41.0. The van der Waals surface area contributed by atoms with Crippen molar-refractivity contribution in [1.82, 2.24) is 5.32 Å². The summed E-state index contributed by atoms with van der Waals surface area (Å²) in [6.45, 7) is -1.75. The van der Waals surface area contributed by atoms with Crippen LogP contribution in [0.4, 0.5) is 0 Å². The molecule has 0 saturated carbocycles. The van der Waals surface area contributed by atoms with Gasteiger partial charge in [0.05, 0.1) is 32.0 Å². The van der Waals surface area contributed by atoms with E-state index in [4.69, 9.17) is 34.0 Å². The first-order chi connectivity index (χ1) is 23.1. The molecule has 49 heavy (non-hydrogen) atoms. The largest absolute Gasteiger partial charge is 0.477 e. The van der Waals surface area contributed by atoms with E-state index < -0.39 is 136 Å². The second-order valence-corrected chi connectivity index (χ2v) is 11.7. The van der Waals surface area contributed by atoms with Gasteiger partial charge < -0.3 is 89.9 Å². The van der Waals surface area contributed by atoms with Crippen molar-refractivity contribution in [2.45, 2.75) is 117 Å². The Morgan fingerprint density at radius 1 is 1.00 bits per heavy atom. The van der Waals surface area contributed by atoms with Crippen molar-refractivity contribution in [3.63, 3.8) is 0 Å². The number of hydrogen-bond acceptors (Lipinski definition) is 19. The zero-order chi connectivity index (χ0) is 36.6. The molecule has 23 nitrogen and oxygen atoms in total. The number of carbonyl (C=O) groups excluding carboxylic acids is 1. The molecule has 3 saturated heterocycles. The number of aliphatic carboxylic acids is 1. The number of carboxylic acid groups (broad SMARTS) is 1. The Bertz CT molecular complexity index is 1130. The van der Waals surface area contributed by atoms with Crippen molar-refractivity contribution >= 4 is 11.9 Å². The molecule has 12 N–H and O–H groups in total. The average Bonchev–Trinajstić information content (AvgIpc) is 3.07. The molecule has 0 aromatic rings. The van der Waals surface area contributed by atoms with Gasteiger partial charge in [-0.1, -0.05) is 5.11 Å².